The van der Waals surface area contributed by atoms with Gasteiger partial charge in [0.05, 0.1) is 29.3 Å². The third-order valence-electron chi connectivity index (χ3n) is 6.01. The molecule has 0 spiro atoms. The van der Waals surface area contributed by atoms with Crippen LogP contribution in [0.3, 0.4) is 0 Å². The Morgan fingerprint density at radius 2 is 1.90 bits per heavy atom. The molecule has 5 nitrogen and oxygen atoms in total. The summed E-state index contributed by atoms with van der Waals surface area (Å²) >= 11 is 0. The van der Waals surface area contributed by atoms with Gasteiger partial charge in [-0.15, -0.1) is 10.9 Å². The number of unbranched alkanes of at least 4 members (excludes halogenated alkanes) is 1. The number of hydrogen-bond donors (Lipinski definition) is 2. The summed E-state index contributed by atoms with van der Waals surface area (Å²) in [6.07, 6.45) is 7.15. The van der Waals surface area contributed by atoms with Crippen LogP contribution in [0.2, 0.25) is 0 Å². The molecule has 1 aliphatic carbocycles. The number of H-pyrrole nitrogens is 1. The Morgan fingerprint density at radius 1 is 1.10 bits per heavy atom. The number of aromatic nitrogens is 3. The van der Waals surface area contributed by atoms with Crippen LogP contribution in [0.15, 0.2) is 18.3 Å². The highest BCUT2D eigenvalue weighted by Crippen LogP contribution is 2.33. The van der Waals surface area contributed by atoms with E-state index in [9.17, 15) is 0 Å². The molecule has 144 valence electrons. The highest BCUT2D eigenvalue weighted by Gasteiger charge is 2.27. The standard InChI is InChI=1S/C21H23B4N5/c22-15-16(23)18(25)21-20(17(15)24)28-14(29-21)11-30(10-2-1-8-26)13-7-3-5-12-6-4-9-27-19(12)13/h4,6,9,13H,1-3,5,7-8,10-11,26H2,(H,28,29)/t13-/m0/s1. The molecule has 0 fully saturated rings. The Labute approximate surface area is 183 Å². The second kappa shape index (κ2) is 9.03. The number of benzene rings is 1. The molecule has 30 heavy (non-hydrogen) atoms. The van der Waals surface area contributed by atoms with Crippen molar-refractivity contribution >= 4 is 64.3 Å². The Kier molecular flexibility index (Phi) is 6.40. The molecule has 1 aromatic carbocycles. The van der Waals surface area contributed by atoms with Crippen LogP contribution in [0, 0.1) is 0 Å². The van der Waals surface area contributed by atoms with Crippen molar-refractivity contribution in [2.24, 2.45) is 5.73 Å². The molecule has 8 radical (unpaired) electrons. The molecule has 1 aliphatic rings. The zero-order valence-electron chi connectivity index (χ0n) is 17.2. The van der Waals surface area contributed by atoms with E-state index < -0.39 is 0 Å². The molecular formula is C21H23B4N5. The van der Waals surface area contributed by atoms with Gasteiger partial charge in [-0.2, -0.15) is 0 Å². The van der Waals surface area contributed by atoms with Crippen molar-refractivity contribution in [1.82, 2.24) is 19.9 Å². The number of imidazole rings is 1. The zero-order valence-corrected chi connectivity index (χ0v) is 17.2. The van der Waals surface area contributed by atoms with Crippen LogP contribution < -0.4 is 27.6 Å². The molecule has 3 aromatic rings. The third kappa shape index (κ3) is 3.97. The molecular weight excluding hydrogens is 366 g/mol. The minimum atomic E-state index is 0.241. The summed E-state index contributed by atoms with van der Waals surface area (Å²) < 4.78 is 0. The highest BCUT2D eigenvalue weighted by atomic mass is 15.2. The Bertz CT molecular complexity index is 1010. The van der Waals surface area contributed by atoms with Crippen LogP contribution in [0.1, 0.15) is 48.8 Å². The third-order valence-corrected chi connectivity index (χ3v) is 6.01. The van der Waals surface area contributed by atoms with Gasteiger partial charge >= 0.3 is 0 Å². The fourth-order valence-electron chi connectivity index (χ4n) is 4.38. The number of aromatic amines is 1. The van der Waals surface area contributed by atoms with Crippen molar-refractivity contribution in [2.45, 2.75) is 44.7 Å². The lowest BCUT2D eigenvalue weighted by Crippen LogP contribution is -2.47. The molecule has 4 rings (SSSR count). The summed E-state index contributed by atoms with van der Waals surface area (Å²) in [6.45, 7) is 2.21. The smallest absolute Gasteiger partial charge is 0.121 e. The highest BCUT2D eigenvalue weighted by molar-refractivity contribution is 6.66. The molecule has 0 aliphatic heterocycles. The fourth-order valence-corrected chi connectivity index (χ4v) is 4.38. The van der Waals surface area contributed by atoms with Crippen molar-refractivity contribution in [3.8, 4) is 0 Å². The van der Waals surface area contributed by atoms with Gasteiger partial charge in [0.25, 0.3) is 0 Å². The number of pyridine rings is 1. The average Bonchev–Trinajstić information content (AvgIpc) is 3.19. The Balaban J connectivity index is 1.68. The lowest BCUT2D eigenvalue weighted by atomic mass is 9.66. The predicted molar refractivity (Wildman–Crippen MR) is 126 cm³/mol. The minimum Gasteiger partial charge on any atom is -0.341 e. The molecule has 0 amide bonds. The molecule has 2 heterocycles. The molecule has 1 atom stereocenters. The summed E-state index contributed by atoms with van der Waals surface area (Å²) in [5.41, 5.74) is 10.8. The first-order valence-electron chi connectivity index (χ1n) is 10.5. The van der Waals surface area contributed by atoms with Gasteiger partial charge in [-0.3, -0.25) is 9.88 Å². The predicted octanol–water partition coefficient (Wildman–Crippen LogP) is -1.25. The second-order valence-corrected chi connectivity index (χ2v) is 7.98. The maximum absolute atomic E-state index is 6.17. The molecule has 0 bridgehead atoms. The van der Waals surface area contributed by atoms with E-state index in [0.717, 1.165) is 44.5 Å². The summed E-state index contributed by atoms with van der Waals surface area (Å²) in [5, 5.41) is 0. The number of hydrogen-bond acceptors (Lipinski definition) is 4. The van der Waals surface area contributed by atoms with Crippen molar-refractivity contribution in [1.29, 1.82) is 0 Å². The SMILES string of the molecule is [B]c1c([B])c([B])c2[nH]c(CN(CCCCN)[C@H]3CCCc4cccnc43)nc2c1[B]. The number of nitrogens with two attached hydrogens (primary N) is 1. The van der Waals surface area contributed by atoms with Gasteiger partial charge in [0.15, 0.2) is 0 Å². The van der Waals surface area contributed by atoms with Crippen LogP contribution >= 0.6 is 0 Å². The van der Waals surface area contributed by atoms with Crippen LogP contribution in [-0.2, 0) is 13.0 Å². The van der Waals surface area contributed by atoms with Gasteiger partial charge in [-0.25, -0.2) is 4.98 Å². The molecule has 0 saturated carbocycles. The van der Waals surface area contributed by atoms with E-state index in [2.05, 4.69) is 16.0 Å². The summed E-state index contributed by atoms with van der Waals surface area (Å²) in [6, 6.07) is 4.44. The van der Waals surface area contributed by atoms with Crippen molar-refractivity contribution in [3.63, 3.8) is 0 Å². The first-order valence-corrected chi connectivity index (χ1v) is 10.5. The van der Waals surface area contributed by atoms with Gasteiger partial charge in [0, 0.05) is 6.20 Å². The first kappa shape index (κ1) is 21.3. The molecule has 3 N–H and O–H groups in total. The van der Waals surface area contributed by atoms with E-state index in [-0.39, 0.29) is 11.5 Å². The molecule has 0 saturated heterocycles. The van der Waals surface area contributed by atoms with Crippen LogP contribution in [0.4, 0.5) is 0 Å². The van der Waals surface area contributed by atoms with E-state index in [0.29, 0.717) is 40.5 Å². The normalized spacial score (nSPS) is 16.3. The van der Waals surface area contributed by atoms with Gasteiger partial charge in [-0.1, -0.05) is 17.0 Å². The van der Waals surface area contributed by atoms with Gasteiger partial charge < -0.3 is 10.7 Å². The maximum atomic E-state index is 6.17. The van der Waals surface area contributed by atoms with E-state index in [1.165, 1.54) is 11.3 Å². The van der Waals surface area contributed by atoms with Crippen molar-refractivity contribution in [3.05, 3.63) is 35.4 Å². The minimum absolute atomic E-state index is 0.241. The maximum Gasteiger partial charge on any atom is 0.121 e. The Hall–Kier alpha value is -1.98. The van der Waals surface area contributed by atoms with Crippen LogP contribution in [0.25, 0.3) is 11.0 Å². The quantitative estimate of drug-likeness (QED) is 0.392. The lowest BCUT2D eigenvalue weighted by molar-refractivity contribution is 0.159. The molecule has 0 unspecified atom stereocenters. The van der Waals surface area contributed by atoms with Gasteiger partial charge in [0.1, 0.15) is 37.2 Å². The van der Waals surface area contributed by atoms with Crippen molar-refractivity contribution < 1.29 is 0 Å². The topological polar surface area (TPSA) is 70.8 Å². The number of fused-ring (bicyclic) bond motifs is 2. The summed E-state index contributed by atoms with van der Waals surface area (Å²) in [7, 11) is 24.3. The fraction of sp³-hybridized carbons (Fsp3) is 0.429. The number of nitrogens with zero attached hydrogens (tertiary/aromatic N) is 3. The van der Waals surface area contributed by atoms with Crippen LogP contribution in [-0.4, -0.2) is 64.3 Å². The van der Waals surface area contributed by atoms with Crippen LogP contribution in [0.5, 0.6) is 0 Å². The van der Waals surface area contributed by atoms with Gasteiger partial charge in [-0.05, 0) is 56.8 Å². The van der Waals surface area contributed by atoms with E-state index in [1.54, 1.807) is 0 Å². The largest absolute Gasteiger partial charge is 0.341 e. The van der Waals surface area contributed by atoms with Crippen molar-refractivity contribution in [2.75, 3.05) is 13.1 Å². The summed E-state index contributed by atoms with van der Waals surface area (Å²) in [5.74, 6) is 0.782. The van der Waals surface area contributed by atoms with E-state index in [4.69, 9.17) is 47.1 Å². The first-order chi connectivity index (χ1) is 14.5. The van der Waals surface area contributed by atoms with E-state index in [1.807, 2.05) is 12.3 Å². The lowest BCUT2D eigenvalue weighted by Gasteiger charge is -2.34. The molecule has 2 aromatic heterocycles. The second-order valence-electron chi connectivity index (χ2n) is 7.98. The molecule has 9 heteroatoms. The number of rotatable bonds is 7. The number of nitrogens with one attached hydrogen (secondary N) is 1. The van der Waals surface area contributed by atoms with Gasteiger partial charge in [0.2, 0.25) is 0 Å². The monoisotopic (exact) mass is 389 g/mol. The average molecular weight is 389 g/mol. The zero-order chi connectivity index (χ0) is 21.3. The Morgan fingerprint density at radius 3 is 2.70 bits per heavy atom. The number of aryl methyl sites for hydroxylation is 1. The van der Waals surface area contributed by atoms with E-state index >= 15 is 0 Å². The summed E-state index contributed by atoms with van der Waals surface area (Å²) in [4.78, 5) is 15.2.